The lowest BCUT2D eigenvalue weighted by Gasteiger charge is -2.23. The van der Waals surface area contributed by atoms with Crippen molar-refractivity contribution >= 4 is 0 Å². The monoisotopic (exact) mass is 252 g/mol. The van der Waals surface area contributed by atoms with Gasteiger partial charge >= 0.3 is 0 Å². The van der Waals surface area contributed by atoms with Crippen LogP contribution in [0.4, 0.5) is 0 Å². The van der Waals surface area contributed by atoms with E-state index in [0.29, 0.717) is 5.75 Å². The number of morpholine rings is 1. The molecular formula is C14H24N2O2+2. The molecule has 4 heteroatoms. The Morgan fingerprint density at radius 1 is 1.22 bits per heavy atom. The quantitative estimate of drug-likeness (QED) is 0.555. The Balaban J connectivity index is 1.57. The van der Waals surface area contributed by atoms with Gasteiger partial charge in [0, 0.05) is 12.0 Å². The van der Waals surface area contributed by atoms with Gasteiger partial charge in [0.05, 0.1) is 26.3 Å². The van der Waals surface area contributed by atoms with Crippen molar-refractivity contribution in [2.24, 2.45) is 0 Å². The summed E-state index contributed by atoms with van der Waals surface area (Å²) in [6.45, 7) is 7.36. The van der Waals surface area contributed by atoms with E-state index in [4.69, 9.17) is 4.74 Å². The molecule has 2 rings (SSSR count). The number of phenols is 1. The Morgan fingerprint density at radius 3 is 2.78 bits per heavy atom. The second-order valence-electron chi connectivity index (χ2n) is 4.88. The molecule has 4 nitrogen and oxygen atoms in total. The van der Waals surface area contributed by atoms with Crippen molar-refractivity contribution in [2.45, 2.75) is 13.0 Å². The van der Waals surface area contributed by atoms with Gasteiger partial charge in [-0.15, -0.1) is 0 Å². The minimum atomic E-state index is 0.410. The van der Waals surface area contributed by atoms with Gasteiger partial charge in [0.2, 0.25) is 0 Å². The number of rotatable bonds is 6. The lowest BCUT2D eigenvalue weighted by atomic mass is 10.2. The van der Waals surface area contributed by atoms with Crippen LogP contribution in [0.3, 0.4) is 0 Å². The van der Waals surface area contributed by atoms with Gasteiger partial charge in [-0.25, -0.2) is 0 Å². The van der Waals surface area contributed by atoms with Crippen LogP contribution in [-0.4, -0.2) is 44.5 Å². The van der Waals surface area contributed by atoms with Crippen LogP contribution in [0.5, 0.6) is 5.75 Å². The van der Waals surface area contributed by atoms with Crippen LogP contribution in [0.2, 0.25) is 0 Å². The van der Waals surface area contributed by atoms with Gasteiger partial charge in [0.25, 0.3) is 0 Å². The fourth-order valence-corrected chi connectivity index (χ4v) is 2.35. The number of nitrogens with two attached hydrogens (primary N) is 1. The van der Waals surface area contributed by atoms with Crippen molar-refractivity contribution in [2.75, 3.05) is 39.4 Å². The molecule has 1 saturated heterocycles. The Labute approximate surface area is 109 Å². The Morgan fingerprint density at radius 2 is 2.00 bits per heavy atom. The molecule has 0 spiro atoms. The number of ether oxygens (including phenoxy) is 1. The smallest absolute Gasteiger partial charge is 0.124 e. The van der Waals surface area contributed by atoms with Crippen molar-refractivity contribution < 1.29 is 20.1 Å². The van der Waals surface area contributed by atoms with E-state index in [1.165, 1.54) is 13.0 Å². The summed E-state index contributed by atoms with van der Waals surface area (Å²) in [5.41, 5.74) is 1.02. The van der Waals surface area contributed by atoms with Gasteiger partial charge < -0.3 is 20.1 Å². The molecule has 18 heavy (non-hydrogen) atoms. The van der Waals surface area contributed by atoms with Crippen LogP contribution in [0.15, 0.2) is 24.3 Å². The molecule has 0 bridgehead atoms. The number of hydrogen-bond donors (Lipinski definition) is 3. The lowest BCUT2D eigenvalue weighted by molar-refractivity contribution is -0.909. The maximum Gasteiger partial charge on any atom is 0.124 e. The zero-order valence-corrected chi connectivity index (χ0v) is 10.9. The third-order valence-electron chi connectivity index (χ3n) is 3.49. The predicted molar refractivity (Wildman–Crippen MR) is 69.6 cm³/mol. The van der Waals surface area contributed by atoms with E-state index in [1.807, 2.05) is 18.2 Å². The van der Waals surface area contributed by atoms with Crippen molar-refractivity contribution in [3.05, 3.63) is 29.8 Å². The number of quaternary nitrogens is 2. The minimum Gasteiger partial charge on any atom is -0.507 e. The van der Waals surface area contributed by atoms with Crippen LogP contribution >= 0.6 is 0 Å². The SMILES string of the molecule is Oc1ccccc1C[NH2+]CCC[NH+]1CCOCC1. The molecule has 0 aromatic heterocycles. The number of hydrogen-bond acceptors (Lipinski definition) is 2. The Bertz CT molecular complexity index is 351. The predicted octanol–water partition coefficient (Wildman–Crippen LogP) is -1.24. The standard InChI is InChI=1S/C14H22N2O2/c17-14-5-2-1-4-13(14)12-15-6-3-7-16-8-10-18-11-9-16/h1-2,4-5,15,17H,3,6-12H2/p+2. The number of aromatic hydroxyl groups is 1. The van der Waals surface area contributed by atoms with Gasteiger partial charge in [-0.3, -0.25) is 0 Å². The van der Waals surface area contributed by atoms with Gasteiger partial charge in [0.1, 0.15) is 25.4 Å². The zero-order valence-electron chi connectivity index (χ0n) is 10.9. The van der Waals surface area contributed by atoms with E-state index >= 15 is 0 Å². The molecule has 4 N–H and O–H groups in total. The van der Waals surface area contributed by atoms with E-state index in [0.717, 1.165) is 45.0 Å². The number of phenolic OH excluding ortho intramolecular Hbond substituents is 1. The second-order valence-corrected chi connectivity index (χ2v) is 4.88. The number of benzene rings is 1. The highest BCUT2D eigenvalue weighted by atomic mass is 16.5. The second kappa shape index (κ2) is 7.36. The fraction of sp³-hybridized carbons (Fsp3) is 0.571. The molecule has 1 aliphatic heterocycles. The van der Waals surface area contributed by atoms with Crippen LogP contribution in [-0.2, 0) is 11.3 Å². The molecular weight excluding hydrogens is 228 g/mol. The molecule has 100 valence electrons. The largest absolute Gasteiger partial charge is 0.507 e. The highest BCUT2D eigenvalue weighted by Gasteiger charge is 2.13. The van der Waals surface area contributed by atoms with Gasteiger partial charge in [-0.1, -0.05) is 12.1 Å². The molecule has 0 amide bonds. The third-order valence-corrected chi connectivity index (χ3v) is 3.49. The molecule has 1 aliphatic rings. The number of para-hydroxylation sites is 1. The first-order valence-corrected chi connectivity index (χ1v) is 6.86. The molecule has 1 aromatic rings. The average molecular weight is 252 g/mol. The first-order valence-electron chi connectivity index (χ1n) is 6.86. The molecule has 0 unspecified atom stereocenters. The summed E-state index contributed by atoms with van der Waals surface area (Å²) in [6.07, 6.45) is 1.23. The Kier molecular flexibility index (Phi) is 5.45. The van der Waals surface area contributed by atoms with Crippen LogP contribution in [0.1, 0.15) is 12.0 Å². The molecule has 0 aliphatic carbocycles. The van der Waals surface area contributed by atoms with Crippen LogP contribution < -0.4 is 10.2 Å². The van der Waals surface area contributed by atoms with Gasteiger partial charge in [-0.2, -0.15) is 0 Å². The molecule has 1 fully saturated rings. The van der Waals surface area contributed by atoms with Crippen molar-refractivity contribution in [3.63, 3.8) is 0 Å². The third kappa shape index (κ3) is 4.29. The lowest BCUT2D eigenvalue weighted by Crippen LogP contribution is -3.14. The maximum atomic E-state index is 9.63. The normalized spacial score (nSPS) is 16.9. The Hall–Kier alpha value is -1.10. The average Bonchev–Trinajstić information content (AvgIpc) is 2.42. The molecule has 0 saturated carbocycles. The minimum absolute atomic E-state index is 0.410. The van der Waals surface area contributed by atoms with Gasteiger partial charge in [0.15, 0.2) is 0 Å². The highest BCUT2D eigenvalue weighted by molar-refractivity contribution is 5.30. The van der Waals surface area contributed by atoms with Gasteiger partial charge in [-0.05, 0) is 12.1 Å². The first kappa shape index (κ1) is 13.3. The van der Waals surface area contributed by atoms with E-state index in [2.05, 4.69) is 5.32 Å². The summed E-state index contributed by atoms with van der Waals surface area (Å²) in [5, 5.41) is 11.9. The summed E-state index contributed by atoms with van der Waals surface area (Å²) in [5.74, 6) is 0.410. The molecule has 1 aromatic carbocycles. The molecule has 1 heterocycles. The summed E-state index contributed by atoms with van der Waals surface area (Å²) in [7, 11) is 0. The summed E-state index contributed by atoms with van der Waals surface area (Å²) in [4.78, 5) is 1.66. The summed E-state index contributed by atoms with van der Waals surface area (Å²) >= 11 is 0. The number of nitrogens with one attached hydrogen (secondary N) is 1. The van der Waals surface area contributed by atoms with Crippen LogP contribution in [0, 0.1) is 0 Å². The van der Waals surface area contributed by atoms with E-state index in [9.17, 15) is 5.11 Å². The van der Waals surface area contributed by atoms with E-state index in [1.54, 1.807) is 11.0 Å². The van der Waals surface area contributed by atoms with Crippen molar-refractivity contribution in [1.29, 1.82) is 0 Å². The topological polar surface area (TPSA) is 50.5 Å². The highest BCUT2D eigenvalue weighted by Crippen LogP contribution is 2.13. The van der Waals surface area contributed by atoms with Crippen molar-refractivity contribution in [1.82, 2.24) is 0 Å². The molecule has 0 atom stereocenters. The fourth-order valence-electron chi connectivity index (χ4n) is 2.35. The summed E-state index contributed by atoms with van der Waals surface area (Å²) < 4.78 is 5.34. The maximum absolute atomic E-state index is 9.63. The van der Waals surface area contributed by atoms with E-state index in [-0.39, 0.29) is 0 Å². The summed E-state index contributed by atoms with van der Waals surface area (Å²) in [6, 6.07) is 7.57. The van der Waals surface area contributed by atoms with Crippen LogP contribution in [0.25, 0.3) is 0 Å². The van der Waals surface area contributed by atoms with Crippen molar-refractivity contribution in [3.8, 4) is 5.75 Å². The first-order chi connectivity index (χ1) is 8.86. The zero-order chi connectivity index (χ0) is 12.6. The van der Waals surface area contributed by atoms with E-state index < -0.39 is 0 Å². The molecule has 0 radical (unpaired) electrons.